The predicted octanol–water partition coefficient (Wildman–Crippen LogP) is 0.617. The topological polar surface area (TPSA) is 101 Å². The molecule has 0 radical (unpaired) electrons. The second kappa shape index (κ2) is 4.13. The van der Waals surface area contributed by atoms with E-state index >= 15 is 0 Å². The Morgan fingerprint density at radius 1 is 1.24 bits per heavy atom. The van der Waals surface area contributed by atoms with Gasteiger partial charge in [0.1, 0.15) is 0 Å². The minimum atomic E-state index is -3.70. The van der Waals surface area contributed by atoms with Crippen molar-refractivity contribution >= 4 is 16.0 Å². The van der Waals surface area contributed by atoms with E-state index in [1.165, 1.54) is 12.3 Å². The van der Waals surface area contributed by atoms with E-state index in [1.807, 2.05) is 0 Å². The lowest BCUT2D eigenvalue weighted by molar-refractivity contribution is 0.596. The lowest BCUT2D eigenvalue weighted by Gasteiger charge is -2.05. The van der Waals surface area contributed by atoms with Crippen LogP contribution in [0.1, 0.15) is 11.4 Å². The number of H-pyrrole nitrogens is 1. The van der Waals surface area contributed by atoms with Gasteiger partial charge in [0.2, 0.25) is 5.95 Å². The first-order chi connectivity index (χ1) is 7.97. The number of rotatable bonds is 3. The van der Waals surface area contributed by atoms with Crippen LogP contribution >= 0.6 is 0 Å². The molecule has 90 valence electrons. The molecule has 7 nitrogen and oxygen atoms in total. The van der Waals surface area contributed by atoms with Gasteiger partial charge >= 0.3 is 0 Å². The molecule has 0 amide bonds. The van der Waals surface area contributed by atoms with Gasteiger partial charge in [0, 0.05) is 11.4 Å². The van der Waals surface area contributed by atoms with Gasteiger partial charge in [0.25, 0.3) is 10.0 Å². The number of nitrogens with zero attached hydrogens (tertiary/aromatic N) is 3. The Kier molecular flexibility index (Phi) is 2.80. The molecule has 2 N–H and O–H groups in total. The Labute approximate surface area is 98.4 Å². The van der Waals surface area contributed by atoms with Gasteiger partial charge in [-0.2, -0.15) is 13.5 Å². The summed E-state index contributed by atoms with van der Waals surface area (Å²) in [5.74, 6) is 0.0529. The highest BCUT2D eigenvalue weighted by atomic mass is 32.2. The minimum absolute atomic E-state index is 0.0275. The molecular formula is C9H11N5O2S. The van der Waals surface area contributed by atoms with Crippen molar-refractivity contribution in [2.24, 2.45) is 0 Å². The lowest BCUT2D eigenvalue weighted by Crippen LogP contribution is -2.16. The first-order valence-corrected chi connectivity index (χ1v) is 6.30. The Hall–Kier alpha value is -1.96. The second-order valence-electron chi connectivity index (χ2n) is 3.50. The summed E-state index contributed by atoms with van der Waals surface area (Å²) < 4.78 is 25.9. The zero-order chi connectivity index (χ0) is 12.5. The Morgan fingerprint density at radius 2 is 1.88 bits per heavy atom. The summed E-state index contributed by atoms with van der Waals surface area (Å²) in [4.78, 5) is 7.99. The van der Waals surface area contributed by atoms with E-state index in [9.17, 15) is 8.42 Å². The SMILES string of the molecule is Cc1cc(C)nc(NS(=O)(=O)c2ccn[nH]2)n1. The fourth-order valence-corrected chi connectivity index (χ4v) is 2.19. The molecule has 0 aliphatic heterocycles. The number of hydrogen-bond donors (Lipinski definition) is 2. The minimum Gasteiger partial charge on any atom is -0.266 e. The summed E-state index contributed by atoms with van der Waals surface area (Å²) in [5, 5.41) is 5.92. The van der Waals surface area contributed by atoms with E-state index in [1.54, 1.807) is 19.9 Å². The van der Waals surface area contributed by atoms with Crippen LogP contribution < -0.4 is 4.72 Å². The molecule has 2 rings (SSSR count). The first kappa shape index (κ1) is 11.5. The molecule has 0 atom stereocenters. The van der Waals surface area contributed by atoms with Crippen molar-refractivity contribution in [3.05, 3.63) is 29.7 Å². The van der Waals surface area contributed by atoms with E-state index in [4.69, 9.17) is 0 Å². The summed E-state index contributed by atoms with van der Waals surface area (Å²) in [6, 6.07) is 3.11. The molecule has 0 fully saturated rings. The van der Waals surface area contributed by atoms with E-state index in [0.717, 1.165) is 0 Å². The number of aromatic amines is 1. The number of sulfonamides is 1. The normalized spacial score (nSPS) is 11.4. The van der Waals surface area contributed by atoms with E-state index in [0.29, 0.717) is 11.4 Å². The molecule has 0 saturated carbocycles. The quantitative estimate of drug-likeness (QED) is 0.835. The summed E-state index contributed by atoms with van der Waals surface area (Å²) in [5.41, 5.74) is 1.39. The summed E-state index contributed by atoms with van der Waals surface area (Å²) >= 11 is 0. The van der Waals surface area contributed by atoms with Crippen molar-refractivity contribution in [3.8, 4) is 0 Å². The van der Waals surface area contributed by atoms with Crippen LogP contribution in [0.3, 0.4) is 0 Å². The third kappa shape index (κ3) is 2.59. The molecular weight excluding hydrogens is 242 g/mol. The van der Waals surface area contributed by atoms with Crippen molar-refractivity contribution in [1.82, 2.24) is 20.2 Å². The zero-order valence-electron chi connectivity index (χ0n) is 9.30. The second-order valence-corrected chi connectivity index (χ2v) is 5.15. The van der Waals surface area contributed by atoms with Crippen LogP contribution in [0.15, 0.2) is 23.4 Å². The van der Waals surface area contributed by atoms with Gasteiger partial charge in [-0.1, -0.05) is 0 Å². The summed E-state index contributed by atoms with van der Waals surface area (Å²) in [6.07, 6.45) is 1.36. The molecule has 2 heterocycles. The van der Waals surface area contributed by atoms with Gasteiger partial charge in [-0.05, 0) is 26.0 Å². The average Bonchev–Trinajstić information content (AvgIpc) is 2.67. The molecule has 0 unspecified atom stereocenters. The van der Waals surface area contributed by atoms with Crippen LogP contribution in [0.4, 0.5) is 5.95 Å². The predicted molar refractivity (Wildman–Crippen MR) is 60.9 cm³/mol. The number of hydrogen-bond acceptors (Lipinski definition) is 5. The van der Waals surface area contributed by atoms with Crippen molar-refractivity contribution in [2.45, 2.75) is 18.9 Å². The van der Waals surface area contributed by atoms with Crippen molar-refractivity contribution in [2.75, 3.05) is 4.72 Å². The zero-order valence-corrected chi connectivity index (χ0v) is 10.1. The van der Waals surface area contributed by atoms with Crippen LogP contribution in [0.2, 0.25) is 0 Å². The van der Waals surface area contributed by atoms with Crippen molar-refractivity contribution in [1.29, 1.82) is 0 Å². The molecule has 0 spiro atoms. The fourth-order valence-electron chi connectivity index (χ4n) is 1.34. The van der Waals surface area contributed by atoms with E-state index < -0.39 is 10.0 Å². The van der Waals surface area contributed by atoms with Gasteiger partial charge in [-0.25, -0.2) is 14.7 Å². The lowest BCUT2D eigenvalue weighted by atomic mass is 10.4. The van der Waals surface area contributed by atoms with Crippen molar-refractivity contribution < 1.29 is 8.42 Å². The smallest absolute Gasteiger partial charge is 0.266 e. The fraction of sp³-hybridized carbons (Fsp3) is 0.222. The molecule has 0 aliphatic carbocycles. The van der Waals surface area contributed by atoms with Crippen LogP contribution in [0.25, 0.3) is 0 Å². The van der Waals surface area contributed by atoms with Crippen molar-refractivity contribution in [3.63, 3.8) is 0 Å². The highest BCUT2D eigenvalue weighted by molar-refractivity contribution is 7.92. The maximum absolute atomic E-state index is 11.8. The third-order valence-electron chi connectivity index (χ3n) is 1.97. The number of nitrogens with one attached hydrogen (secondary N) is 2. The highest BCUT2D eigenvalue weighted by Gasteiger charge is 2.17. The third-order valence-corrected chi connectivity index (χ3v) is 3.23. The van der Waals surface area contributed by atoms with Gasteiger partial charge in [0.15, 0.2) is 5.03 Å². The number of aromatic nitrogens is 4. The maximum atomic E-state index is 11.8. The highest BCUT2D eigenvalue weighted by Crippen LogP contribution is 2.10. The van der Waals surface area contributed by atoms with Gasteiger partial charge in [-0.3, -0.25) is 5.10 Å². The van der Waals surface area contributed by atoms with Crippen LogP contribution in [-0.2, 0) is 10.0 Å². The molecule has 0 aromatic carbocycles. The molecule has 2 aromatic rings. The van der Waals surface area contributed by atoms with Gasteiger partial charge in [0.05, 0.1) is 6.20 Å². The Bertz CT molecular complexity index is 601. The largest absolute Gasteiger partial charge is 0.281 e. The van der Waals surface area contributed by atoms with E-state index in [-0.39, 0.29) is 11.0 Å². The van der Waals surface area contributed by atoms with Crippen LogP contribution in [-0.4, -0.2) is 28.6 Å². The van der Waals surface area contributed by atoms with Crippen LogP contribution in [0.5, 0.6) is 0 Å². The molecule has 8 heteroatoms. The van der Waals surface area contributed by atoms with E-state index in [2.05, 4.69) is 24.9 Å². The van der Waals surface area contributed by atoms with Crippen LogP contribution in [0, 0.1) is 13.8 Å². The Morgan fingerprint density at radius 3 is 2.41 bits per heavy atom. The first-order valence-electron chi connectivity index (χ1n) is 4.82. The monoisotopic (exact) mass is 253 g/mol. The molecule has 0 saturated heterocycles. The van der Waals surface area contributed by atoms with Gasteiger partial charge in [-0.15, -0.1) is 0 Å². The molecule has 0 aliphatic rings. The molecule has 0 bridgehead atoms. The number of anilines is 1. The maximum Gasteiger partial charge on any atom is 0.281 e. The summed E-state index contributed by atoms with van der Waals surface area (Å²) in [6.45, 7) is 3.53. The Balaban J connectivity index is 2.33. The molecule has 17 heavy (non-hydrogen) atoms. The van der Waals surface area contributed by atoms with Gasteiger partial charge < -0.3 is 0 Å². The summed E-state index contributed by atoms with van der Waals surface area (Å²) in [7, 11) is -3.70. The average molecular weight is 253 g/mol. The standard InChI is InChI=1S/C9H11N5O2S/c1-6-5-7(2)12-9(11-6)14-17(15,16)8-3-4-10-13-8/h3-5H,1-2H3,(H,10,13)(H,11,12,14). The number of aryl methyl sites for hydroxylation is 2. The molecule has 2 aromatic heterocycles.